The molecule has 1 aromatic carbocycles. The highest BCUT2D eigenvalue weighted by molar-refractivity contribution is 14.0. The van der Waals surface area contributed by atoms with Crippen LogP contribution in [0.5, 0.6) is 5.75 Å². The highest BCUT2D eigenvalue weighted by Gasteiger charge is 2.13. The molecule has 0 amide bonds. The van der Waals surface area contributed by atoms with E-state index in [0.29, 0.717) is 18.5 Å². The molecule has 0 atom stereocenters. The van der Waals surface area contributed by atoms with E-state index in [4.69, 9.17) is 10.5 Å². The normalized spacial score (nSPS) is 16.2. The summed E-state index contributed by atoms with van der Waals surface area (Å²) in [5.74, 6) is 1.36. The molecular weight excluding hydrogens is 445 g/mol. The molecule has 4 nitrogen and oxygen atoms in total. The number of hydrogen-bond acceptors (Lipinski definition) is 2. The van der Waals surface area contributed by atoms with Crippen molar-refractivity contribution < 1.29 is 4.74 Å². The SMILES string of the molecule is COc1ccc(Br)c(CN=C(N)NC2CCCCC2)c1.I. The number of nitrogens with two attached hydrogens (primary N) is 1. The lowest BCUT2D eigenvalue weighted by atomic mass is 9.96. The van der Waals surface area contributed by atoms with E-state index in [2.05, 4.69) is 26.2 Å². The van der Waals surface area contributed by atoms with Gasteiger partial charge in [-0.2, -0.15) is 0 Å². The van der Waals surface area contributed by atoms with Crippen molar-refractivity contribution >= 4 is 45.9 Å². The molecular formula is C15H23BrIN3O. The lowest BCUT2D eigenvalue weighted by Crippen LogP contribution is -2.41. The summed E-state index contributed by atoms with van der Waals surface area (Å²) in [5.41, 5.74) is 7.03. The van der Waals surface area contributed by atoms with Crippen LogP contribution in [0.25, 0.3) is 0 Å². The fourth-order valence-corrected chi connectivity index (χ4v) is 2.84. The van der Waals surface area contributed by atoms with Gasteiger partial charge in [0.2, 0.25) is 0 Å². The maximum absolute atomic E-state index is 5.97. The van der Waals surface area contributed by atoms with Crippen LogP contribution in [0.4, 0.5) is 0 Å². The third-order valence-electron chi connectivity index (χ3n) is 3.63. The molecule has 0 bridgehead atoms. The van der Waals surface area contributed by atoms with Crippen LogP contribution in [0.2, 0.25) is 0 Å². The standard InChI is InChI=1S/C15H22BrN3O.HI/c1-20-13-7-8-14(16)11(9-13)10-18-15(17)19-12-5-3-2-4-6-12;/h7-9,12H,2-6,10H2,1H3,(H3,17,18,19);1H. The zero-order chi connectivity index (χ0) is 14.4. The molecule has 0 aliphatic heterocycles. The summed E-state index contributed by atoms with van der Waals surface area (Å²) < 4.78 is 6.24. The average molecular weight is 468 g/mol. The summed E-state index contributed by atoms with van der Waals surface area (Å²) >= 11 is 3.52. The minimum Gasteiger partial charge on any atom is -0.497 e. The van der Waals surface area contributed by atoms with Gasteiger partial charge in [-0.05, 0) is 36.6 Å². The van der Waals surface area contributed by atoms with Gasteiger partial charge in [0.15, 0.2) is 5.96 Å². The predicted molar refractivity (Wildman–Crippen MR) is 101 cm³/mol. The number of benzene rings is 1. The van der Waals surface area contributed by atoms with Crippen LogP contribution >= 0.6 is 39.9 Å². The summed E-state index contributed by atoms with van der Waals surface area (Å²) in [7, 11) is 1.66. The zero-order valence-corrected chi connectivity index (χ0v) is 16.2. The van der Waals surface area contributed by atoms with Crippen LogP contribution in [0.15, 0.2) is 27.7 Å². The Balaban J connectivity index is 0.00000220. The van der Waals surface area contributed by atoms with Crippen molar-refractivity contribution in [3.8, 4) is 5.75 Å². The molecule has 118 valence electrons. The fourth-order valence-electron chi connectivity index (χ4n) is 2.47. The molecule has 0 unspecified atom stereocenters. The van der Waals surface area contributed by atoms with Crippen LogP contribution in [-0.2, 0) is 6.54 Å². The molecule has 1 fully saturated rings. The van der Waals surface area contributed by atoms with E-state index in [1.807, 2.05) is 18.2 Å². The lowest BCUT2D eigenvalue weighted by Gasteiger charge is -2.23. The molecule has 3 N–H and O–H groups in total. The van der Waals surface area contributed by atoms with Gasteiger partial charge in [0.05, 0.1) is 13.7 Å². The quantitative estimate of drug-likeness (QED) is 0.402. The smallest absolute Gasteiger partial charge is 0.189 e. The summed E-state index contributed by atoms with van der Waals surface area (Å²) in [5, 5.41) is 3.32. The van der Waals surface area contributed by atoms with E-state index in [0.717, 1.165) is 15.8 Å². The van der Waals surface area contributed by atoms with E-state index in [-0.39, 0.29) is 24.0 Å². The Kier molecular flexibility index (Phi) is 8.39. The number of rotatable bonds is 4. The number of halogens is 2. The first-order chi connectivity index (χ1) is 9.69. The highest BCUT2D eigenvalue weighted by Crippen LogP contribution is 2.23. The Morgan fingerprint density at radius 2 is 2.10 bits per heavy atom. The van der Waals surface area contributed by atoms with Gasteiger partial charge in [-0.15, -0.1) is 24.0 Å². The molecule has 0 saturated heterocycles. The Hall–Kier alpha value is -0.500. The topological polar surface area (TPSA) is 59.6 Å². The van der Waals surface area contributed by atoms with E-state index in [1.165, 1.54) is 32.1 Å². The predicted octanol–water partition coefficient (Wildman–Crippen LogP) is 3.81. The monoisotopic (exact) mass is 467 g/mol. The van der Waals surface area contributed by atoms with Crippen LogP contribution in [0.1, 0.15) is 37.7 Å². The van der Waals surface area contributed by atoms with Gasteiger partial charge in [0.25, 0.3) is 0 Å². The minimum atomic E-state index is 0. The molecule has 21 heavy (non-hydrogen) atoms. The molecule has 0 radical (unpaired) electrons. The number of guanidine groups is 1. The first kappa shape index (κ1) is 18.5. The van der Waals surface area contributed by atoms with Crippen molar-refractivity contribution in [1.82, 2.24) is 5.32 Å². The Labute approximate surface area is 152 Å². The van der Waals surface area contributed by atoms with Gasteiger partial charge >= 0.3 is 0 Å². The number of nitrogens with zero attached hydrogens (tertiary/aromatic N) is 1. The molecule has 1 saturated carbocycles. The minimum absolute atomic E-state index is 0. The molecule has 1 aromatic rings. The van der Waals surface area contributed by atoms with Crippen LogP contribution in [0.3, 0.4) is 0 Å². The molecule has 0 spiro atoms. The third-order valence-corrected chi connectivity index (χ3v) is 4.40. The first-order valence-electron chi connectivity index (χ1n) is 7.08. The molecule has 0 aromatic heterocycles. The summed E-state index contributed by atoms with van der Waals surface area (Å²) in [6.45, 7) is 0.545. The van der Waals surface area contributed by atoms with Crippen molar-refractivity contribution in [3.05, 3.63) is 28.2 Å². The largest absolute Gasteiger partial charge is 0.497 e. The van der Waals surface area contributed by atoms with Crippen LogP contribution < -0.4 is 15.8 Å². The zero-order valence-electron chi connectivity index (χ0n) is 12.3. The molecule has 0 heterocycles. The summed E-state index contributed by atoms with van der Waals surface area (Å²) in [6.07, 6.45) is 6.29. The highest BCUT2D eigenvalue weighted by atomic mass is 127. The van der Waals surface area contributed by atoms with Crippen LogP contribution in [-0.4, -0.2) is 19.1 Å². The van der Waals surface area contributed by atoms with Gasteiger partial charge in [0, 0.05) is 10.5 Å². The second kappa shape index (κ2) is 9.50. The van der Waals surface area contributed by atoms with E-state index < -0.39 is 0 Å². The lowest BCUT2D eigenvalue weighted by molar-refractivity contribution is 0.412. The summed E-state index contributed by atoms with van der Waals surface area (Å²) in [4.78, 5) is 4.42. The van der Waals surface area contributed by atoms with Crippen molar-refractivity contribution in [1.29, 1.82) is 0 Å². The van der Waals surface area contributed by atoms with Crippen molar-refractivity contribution in [2.45, 2.75) is 44.7 Å². The number of hydrogen-bond donors (Lipinski definition) is 2. The Morgan fingerprint density at radius 1 is 1.38 bits per heavy atom. The number of methoxy groups -OCH3 is 1. The van der Waals surface area contributed by atoms with Gasteiger partial charge < -0.3 is 15.8 Å². The fraction of sp³-hybridized carbons (Fsp3) is 0.533. The van der Waals surface area contributed by atoms with E-state index >= 15 is 0 Å². The van der Waals surface area contributed by atoms with Crippen molar-refractivity contribution in [2.75, 3.05) is 7.11 Å². The maximum atomic E-state index is 5.97. The van der Waals surface area contributed by atoms with Gasteiger partial charge in [-0.3, -0.25) is 0 Å². The Bertz CT molecular complexity index is 476. The molecule has 6 heteroatoms. The number of aliphatic imine (C=N–C) groups is 1. The third kappa shape index (κ3) is 6.02. The number of nitrogens with one attached hydrogen (secondary N) is 1. The van der Waals surface area contributed by atoms with Gasteiger partial charge in [-0.1, -0.05) is 35.2 Å². The Morgan fingerprint density at radius 3 is 2.76 bits per heavy atom. The number of ether oxygens (including phenoxy) is 1. The molecule has 1 aliphatic rings. The van der Waals surface area contributed by atoms with Crippen molar-refractivity contribution in [2.24, 2.45) is 10.7 Å². The van der Waals surface area contributed by atoms with Gasteiger partial charge in [-0.25, -0.2) is 4.99 Å². The first-order valence-corrected chi connectivity index (χ1v) is 7.87. The molecule has 2 rings (SSSR count). The summed E-state index contributed by atoms with van der Waals surface area (Å²) in [6, 6.07) is 6.35. The second-order valence-corrected chi connectivity index (χ2v) is 5.99. The van der Waals surface area contributed by atoms with Crippen molar-refractivity contribution in [3.63, 3.8) is 0 Å². The average Bonchev–Trinajstić information content (AvgIpc) is 2.47. The maximum Gasteiger partial charge on any atom is 0.189 e. The molecule has 1 aliphatic carbocycles. The van der Waals surface area contributed by atoms with Gasteiger partial charge in [0.1, 0.15) is 5.75 Å². The van der Waals surface area contributed by atoms with E-state index in [1.54, 1.807) is 7.11 Å². The second-order valence-electron chi connectivity index (χ2n) is 5.14. The van der Waals surface area contributed by atoms with Crippen LogP contribution in [0, 0.1) is 0 Å². The van der Waals surface area contributed by atoms with E-state index in [9.17, 15) is 0 Å².